The summed E-state index contributed by atoms with van der Waals surface area (Å²) in [5.41, 5.74) is 0.876. The van der Waals surface area contributed by atoms with E-state index in [1.807, 2.05) is 4.90 Å². The molecule has 7 nitrogen and oxygen atoms in total. The van der Waals surface area contributed by atoms with E-state index in [-0.39, 0.29) is 11.1 Å². The van der Waals surface area contributed by atoms with Gasteiger partial charge in [-0.2, -0.15) is 9.97 Å². The first kappa shape index (κ1) is 12.6. The summed E-state index contributed by atoms with van der Waals surface area (Å²) >= 11 is 11.3. The smallest absolute Gasteiger partial charge is 0.287 e. The third-order valence-corrected chi connectivity index (χ3v) is 3.14. The molecule has 1 fully saturated rings. The van der Waals surface area contributed by atoms with Crippen molar-refractivity contribution in [2.45, 2.75) is 0 Å². The lowest BCUT2D eigenvalue weighted by atomic mass is 10.4. The van der Waals surface area contributed by atoms with Crippen molar-refractivity contribution in [3.05, 3.63) is 11.1 Å². The number of fused-ring (bicyclic) bond motifs is 1. The first-order valence-electron chi connectivity index (χ1n) is 5.61. The monoisotopic (exact) mass is 301 g/mol. The Hall–Kier alpha value is -1.44. The van der Waals surface area contributed by atoms with Crippen molar-refractivity contribution >= 4 is 45.4 Å². The lowest BCUT2D eigenvalue weighted by Crippen LogP contribution is -2.37. The summed E-state index contributed by atoms with van der Waals surface area (Å²) in [6, 6.07) is 0. The van der Waals surface area contributed by atoms with E-state index >= 15 is 0 Å². The lowest BCUT2D eigenvalue weighted by Gasteiger charge is -2.27. The van der Waals surface area contributed by atoms with Gasteiger partial charge in [-0.3, -0.25) is 4.79 Å². The Labute approximate surface area is 117 Å². The molecule has 0 aliphatic carbocycles. The molecule has 2 aromatic rings. The zero-order valence-corrected chi connectivity index (χ0v) is 11.2. The highest BCUT2D eigenvalue weighted by Crippen LogP contribution is 2.24. The standard InChI is InChI=1S/C10H9Cl2N5O2/c11-6(18)8-13-5-7(14-8)15-10(12)16-9(5)17-1-3-19-4-2-17/h1-4H2,(H,13,14,15,16). The number of halogens is 2. The molecule has 1 N–H and O–H groups in total. The quantitative estimate of drug-likeness (QED) is 0.663. The number of morpholine rings is 1. The largest absolute Gasteiger partial charge is 0.378 e. The average Bonchev–Trinajstić information content (AvgIpc) is 2.82. The van der Waals surface area contributed by atoms with Crippen LogP contribution >= 0.6 is 23.2 Å². The van der Waals surface area contributed by atoms with Crippen LogP contribution in [0.4, 0.5) is 5.82 Å². The fourth-order valence-electron chi connectivity index (χ4n) is 1.95. The summed E-state index contributed by atoms with van der Waals surface area (Å²) in [5, 5.41) is -0.590. The van der Waals surface area contributed by atoms with E-state index in [9.17, 15) is 4.79 Å². The molecule has 1 saturated heterocycles. The van der Waals surface area contributed by atoms with Crippen LogP contribution in [0.15, 0.2) is 0 Å². The molecule has 0 amide bonds. The van der Waals surface area contributed by atoms with Crippen LogP contribution in [0.3, 0.4) is 0 Å². The summed E-state index contributed by atoms with van der Waals surface area (Å²) in [6.07, 6.45) is 0. The zero-order chi connectivity index (χ0) is 13.4. The number of hydrogen-bond acceptors (Lipinski definition) is 6. The molecule has 3 heterocycles. The zero-order valence-electron chi connectivity index (χ0n) is 9.69. The average molecular weight is 302 g/mol. The number of aromatic amines is 1. The lowest BCUT2D eigenvalue weighted by molar-refractivity contribution is 0.107. The number of anilines is 1. The summed E-state index contributed by atoms with van der Waals surface area (Å²) in [4.78, 5) is 28.2. The van der Waals surface area contributed by atoms with Crippen molar-refractivity contribution < 1.29 is 9.53 Å². The Morgan fingerprint density at radius 1 is 1.26 bits per heavy atom. The maximum Gasteiger partial charge on any atom is 0.287 e. The van der Waals surface area contributed by atoms with Crippen molar-refractivity contribution in [1.29, 1.82) is 0 Å². The molecule has 0 spiro atoms. The van der Waals surface area contributed by atoms with Crippen molar-refractivity contribution in [2.75, 3.05) is 31.2 Å². The molecule has 1 aliphatic heterocycles. The number of carbonyl (C=O) groups is 1. The van der Waals surface area contributed by atoms with Crippen molar-refractivity contribution in [3.8, 4) is 0 Å². The van der Waals surface area contributed by atoms with E-state index in [1.165, 1.54) is 0 Å². The van der Waals surface area contributed by atoms with Crippen LogP contribution in [0.25, 0.3) is 11.2 Å². The first-order valence-corrected chi connectivity index (χ1v) is 6.36. The Balaban J connectivity index is 2.13. The summed E-state index contributed by atoms with van der Waals surface area (Å²) in [6.45, 7) is 2.57. The van der Waals surface area contributed by atoms with Crippen molar-refractivity contribution in [1.82, 2.24) is 19.9 Å². The summed E-state index contributed by atoms with van der Waals surface area (Å²) < 4.78 is 5.29. The minimum Gasteiger partial charge on any atom is -0.378 e. The van der Waals surface area contributed by atoms with Crippen LogP contribution < -0.4 is 4.90 Å². The topological polar surface area (TPSA) is 84.0 Å². The highest BCUT2D eigenvalue weighted by atomic mass is 35.5. The molecule has 2 aromatic heterocycles. The molecule has 100 valence electrons. The number of H-pyrrole nitrogens is 1. The van der Waals surface area contributed by atoms with Gasteiger partial charge in [0.25, 0.3) is 5.24 Å². The van der Waals surface area contributed by atoms with E-state index in [1.54, 1.807) is 0 Å². The Morgan fingerprint density at radius 3 is 2.68 bits per heavy atom. The van der Waals surface area contributed by atoms with Gasteiger partial charge in [0, 0.05) is 13.1 Å². The third-order valence-electron chi connectivity index (χ3n) is 2.80. The van der Waals surface area contributed by atoms with Gasteiger partial charge >= 0.3 is 0 Å². The fourth-order valence-corrected chi connectivity index (χ4v) is 2.20. The minimum atomic E-state index is -0.679. The van der Waals surface area contributed by atoms with Crippen molar-refractivity contribution in [3.63, 3.8) is 0 Å². The second-order valence-corrected chi connectivity index (χ2v) is 4.65. The number of imidazole rings is 1. The molecule has 0 atom stereocenters. The number of aromatic nitrogens is 4. The van der Waals surface area contributed by atoms with Gasteiger partial charge in [0.2, 0.25) is 5.28 Å². The van der Waals surface area contributed by atoms with E-state index in [0.717, 1.165) is 0 Å². The van der Waals surface area contributed by atoms with Crippen LogP contribution in [0.5, 0.6) is 0 Å². The van der Waals surface area contributed by atoms with Crippen LogP contribution in [-0.2, 0) is 4.74 Å². The van der Waals surface area contributed by atoms with Gasteiger partial charge < -0.3 is 14.6 Å². The third kappa shape index (κ3) is 2.36. The molecule has 1 aliphatic rings. The van der Waals surface area contributed by atoms with Gasteiger partial charge in [0.1, 0.15) is 0 Å². The van der Waals surface area contributed by atoms with Crippen LogP contribution in [0, 0.1) is 0 Å². The van der Waals surface area contributed by atoms with E-state index < -0.39 is 5.24 Å². The van der Waals surface area contributed by atoms with Crippen LogP contribution in [0.2, 0.25) is 5.28 Å². The summed E-state index contributed by atoms with van der Waals surface area (Å²) in [5.74, 6) is 0.612. The fraction of sp³-hybridized carbons (Fsp3) is 0.400. The molecule has 0 radical (unpaired) electrons. The normalized spacial score (nSPS) is 16.0. The van der Waals surface area contributed by atoms with E-state index in [2.05, 4.69) is 19.9 Å². The number of ether oxygens (including phenoxy) is 1. The molecule has 0 saturated carbocycles. The second kappa shape index (κ2) is 4.92. The van der Waals surface area contributed by atoms with Gasteiger partial charge in [-0.15, -0.1) is 0 Å². The highest BCUT2D eigenvalue weighted by Gasteiger charge is 2.21. The van der Waals surface area contributed by atoms with Crippen LogP contribution in [0.1, 0.15) is 10.6 Å². The Kier molecular flexibility index (Phi) is 3.26. The number of hydrogen-bond donors (Lipinski definition) is 1. The molecule has 0 bridgehead atoms. The number of nitrogens with zero attached hydrogens (tertiary/aromatic N) is 4. The number of nitrogens with one attached hydrogen (secondary N) is 1. The molecular formula is C10H9Cl2N5O2. The van der Waals surface area contributed by atoms with E-state index in [4.69, 9.17) is 27.9 Å². The van der Waals surface area contributed by atoms with Gasteiger partial charge in [-0.25, -0.2) is 4.98 Å². The highest BCUT2D eigenvalue weighted by molar-refractivity contribution is 6.67. The SMILES string of the molecule is O=C(Cl)c1nc2c(N3CCOCC3)nc(Cl)nc2[nH]1. The number of carbonyl (C=O) groups excluding carboxylic acids is 1. The van der Waals surface area contributed by atoms with E-state index in [0.29, 0.717) is 43.3 Å². The molecule has 3 rings (SSSR count). The molecule has 19 heavy (non-hydrogen) atoms. The van der Waals surface area contributed by atoms with Gasteiger partial charge in [0.15, 0.2) is 22.8 Å². The molecule has 0 unspecified atom stereocenters. The number of rotatable bonds is 2. The minimum absolute atomic E-state index is 0.0303. The maximum atomic E-state index is 11.1. The van der Waals surface area contributed by atoms with Gasteiger partial charge in [0.05, 0.1) is 13.2 Å². The van der Waals surface area contributed by atoms with Crippen molar-refractivity contribution in [2.24, 2.45) is 0 Å². The Bertz CT molecular complexity index is 638. The Morgan fingerprint density at radius 2 is 2.00 bits per heavy atom. The molecule has 0 aromatic carbocycles. The molecule has 9 heteroatoms. The van der Waals surface area contributed by atoms with Crippen LogP contribution in [-0.4, -0.2) is 51.5 Å². The predicted octanol–water partition coefficient (Wildman–Crippen LogP) is 1.22. The van der Waals surface area contributed by atoms with Gasteiger partial charge in [-0.1, -0.05) is 0 Å². The molecular weight excluding hydrogens is 293 g/mol. The second-order valence-electron chi connectivity index (χ2n) is 3.97. The first-order chi connectivity index (χ1) is 9.15. The summed E-state index contributed by atoms with van der Waals surface area (Å²) in [7, 11) is 0. The van der Waals surface area contributed by atoms with Gasteiger partial charge in [-0.05, 0) is 23.2 Å². The predicted molar refractivity (Wildman–Crippen MR) is 69.9 cm³/mol. The maximum absolute atomic E-state index is 11.1.